The summed E-state index contributed by atoms with van der Waals surface area (Å²) < 4.78 is 2.00. The largest absolute Gasteiger partial charge is 0.326 e. The molecule has 5 aromatic rings. The van der Waals surface area contributed by atoms with Gasteiger partial charge in [-0.05, 0) is 25.1 Å². The number of aromatic amines is 1. The second-order valence-electron chi connectivity index (χ2n) is 6.77. The van der Waals surface area contributed by atoms with Gasteiger partial charge in [-0.25, -0.2) is 4.98 Å². The van der Waals surface area contributed by atoms with E-state index in [4.69, 9.17) is 4.98 Å². The molecule has 138 valence electrons. The molecule has 2 N–H and O–H groups in total. The Balaban J connectivity index is 1.36. The third-order valence-corrected chi connectivity index (χ3v) is 5.59. The summed E-state index contributed by atoms with van der Waals surface area (Å²) in [4.78, 5) is 18.1. The van der Waals surface area contributed by atoms with Gasteiger partial charge < -0.3 is 5.32 Å². The number of imidazole rings is 1. The minimum Gasteiger partial charge on any atom is -0.326 e. The minimum absolute atomic E-state index is 0.0656. The van der Waals surface area contributed by atoms with Crippen molar-refractivity contribution in [2.45, 2.75) is 13.3 Å². The summed E-state index contributed by atoms with van der Waals surface area (Å²) in [5, 5.41) is 12.9. The Morgan fingerprint density at radius 3 is 2.93 bits per heavy atom. The molecule has 0 unspecified atom stereocenters. The lowest BCUT2D eigenvalue weighted by Crippen LogP contribution is -2.15. The number of carbonyl (C=O) groups is 1. The van der Waals surface area contributed by atoms with Crippen molar-refractivity contribution >= 4 is 38.8 Å². The van der Waals surface area contributed by atoms with Gasteiger partial charge in [0.1, 0.15) is 0 Å². The highest BCUT2D eigenvalue weighted by Crippen LogP contribution is 2.24. The number of rotatable bonds is 4. The van der Waals surface area contributed by atoms with Crippen molar-refractivity contribution < 1.29 is 4.79 Å². The predicted molar refractivity (Wildman–Crippen MR) is 112 cm³/mol. The molecule has 3 heterocycles. The van der Waals surface area contributed by atoms with Crippen molar-refractivity contribution in [3.8, 4) is 11.3 Å². The zero-order valence-corrected chi connectivity index (χ0v) is 16.0. The maximum Gasteiger partial charge on any atom is 0.230 e. The molecule has 28 heavy (non-hydrogen) atoms. The number of H-pyrrole nitrogens is 1. The van der Waals surface area contributed by atoms with Crippen LogP contribution in [0.15, 0.2) is 60.2 Å². The number of aryl methyl sites for hydroxylation is 1. The Morgan fingerprint density at radius 2 is 2.07 bits per heavy atom. The predicted octanol–water partition coefficient (Wildman–Crippen LogP) is 4.43. The maximum absolute atomic E-state index is 12.5. The Kier molecular flexibility index (Phi) is 3.95. The molecular formula is C21H17N5OS. The van der Waals surface area contributed by atoms with Gasteiger partial charge in [0.2, 0.25) is 5.91 Å². The maximum atomic E-state index is 12.5. The third-order valence-electron chi connectivity index (χ3n) is 4.70. The van der Waals surface area contributed by atoms with Crippen molar-refractivity contribution in [2.75, 3.05) is 5.32 Å². The minimum atomic E-state index is -0.0656. The van der Waals surface area contributed by atoms with Crippen LogP contribution in [0, 0.1) is 6.92 Å². The van der Waals surface area contributed by atoms with Crippen molar-refractivity contribution in [2.24, 2.45) is 0 Å². The summed E-state index contributed by atoms with van der Waals surface area (Å²) >= 11 is 1.54. The van der Waals surface area contributed by atoms with Crippen molar-refractivity contribution in [3.05, 3.63) is 71.5 Å². The van der Waals surface area contributed by atoms with Crippen molar-refractivity contribution in [1.82, 2.24) is 19.6 Å². The van der Waals surface area contributed by atoms with Gasteiger partial charge in [-0.3, -0.25) is 14.3 Å². The standard InChI is InChI=1S/C21H17N5OS/c1-13-2-4-14(5-3-13)19-11-26-17(12-28-21(26)24-19)9-20(27)23-16-7-6-15-10-22-25-18(15)8-16/h2-8,10-12H,9H2,1H3,(H,22,25)(H,23,27). The van der Waals surface area contributed by atoms with Crippen molar-refractivity contribution in [3.63, 3.8) is 0 Å². The molecule has 0 aliphatic carbocycles. The highest BCUT2D eigenvalue weighted by Gasteiger charge is 2.13. The Hall–Kier alpha value is -3.45. The van der Waals surface area contributed by atoms with Crippen LogP contribution in [0.2, 0.25) is 0 Å². The molecule has 0 atom stereocenters. The average Bonchev–Trinajstić information content (AvgIpc) is 3.39. The first-order valence-corrected chi connectivity index (χ1v) is 9.79. The smallest absolute Gasteiger partial charge is 0.230 e. The number of benzene rings is 2. The lowest BCUT2D eigenvalue weighted by Gasteiger charge is -2.05. The molecule has 0 aliphatic rings. The van der Waals surface area contributed by atoms with Gasteiger partial charge in [0.25, 0.3) is 0 Å². The molecule has 0 saturated carbocycles. The SMILES string of the molecule is Cc1ccc(-c2cn3c(CC(=O)Nc4ccc5cn[nH]c5c4)csc3n2)cc1. The van der Waals surface area contributed by atoms with E-state index in [2.05, 4.69) is 46.7 Å². The number of nitrogens with zero attached hydrogens (tertiary/aromatic N) is 3. The van der Waals surface area contributed by atoms with Crippen LogP contribution in [-0.2, 0) is 11.2 Å². The van der Waals surface area contributed by atoms with Crippen LogP contribution in [-0.4, -0.2) is 25.5 Å². The summed E-state index contributed by atoms with van der Waals surface area (Å²) in [6.07, 6.45) is 4.04. The lowest BCUT2D eigenvalue weighted by molar-refractivity contribution is -0.115. The van der Waals surface area contributed by atoms with E-state index in [0.717, 1.165) is 38.5 Å². The van der Waals surface area contributed by atoms with Crippen LogP contribution in [0.4, 0.5) is 5.69 Å². The summed E-state index contributed by atoms with van der Waals surface area (Å²) in [6.45, 7) is 2.07. The van der Waals surface area contributed by atoms with Crippen LogP contribution in [0.25, 0.3) is 27.1 Å². The fourth-order valence-electron chi connectivity index (χ4n) is 3.20. The molecule has 0 spiro atoms. The Morgan fingerprint density at radius 1 is 1.21 bits per heavy atom. The number of hydrogen-bond acceptors (Lipinski definition) is 4. The first kappa shape index (κ1) is 16.7. The van der Waals surface area contributed by atoms with Gasteiger partial charge in [0.15, 0.2) is 4.96 Å². The molecule has 0 radical (unpaired) electrons. The fourth-order valence-corrected chi connectivity index (χ4v) is 4.08. The fraction of sp³-hybridized carbons (Fsp3) is 0.0952. The van der Waals surface area contributed by atoms with E-state index in [-0.39, 0.29) is 12.3 Å². The summed E-state index contributed by atoms with van der Waals surface area (Å²) in [5.41, 5.74) is 5.77. The van der Waals surface area contributed by atoms with Crippen molar-refractivity contribution in [1.29, 1.82) is 0 Å². The zero-order valence-electron chi connectivity index (χ0n) is 15.1. The van der Waals surface area contributed by atoms with Crippen LogP contribution in [0.3, 0.4) is 0 Å². The average molecular weight is 387 g/mol. The topological polar surface area (TPSA) is 75.1 Å². The Labute approximate surface area is 164 Å². The number of aromatic nitrogens is 4. The number of amides is 1. The van der Waals surface area contributed by atoms with E-state index >= 15 is 0 Å². The molecule has 0 aliphatic heterocycles. The van der Waals surface area contributed by atoms with Gasteiger partial charge in [-0.2, -0.15) is 5.10 Å². The number of anilines is 1. The molecule has 0 bridgehead atoms. The molecule has 0 saturated heterocycles. The van der Waals surface area contributed by atoms with E-state index in [1.54, 1.807) is 17.5 Å². The summed E-state index contributed by atoms with van der Waals surface area (Å²) in [7, 11) is 0. The second kappa shape index (κ2) is 6.61. The van der Waals surface area contributed by atoms with Crippen LogP contribution in [0.1, 0.15) is 11.3 Å². The van der Waals surface area contributed by atoms with Gasteiger partial charge in [0, 0.05) is 33.9 Å². The summed E-state index contributed by atoms with van der Waals surface area (Å²) in [6, 6.07) is 14.0. The third kappa shape index (κ3) is 3.05. The Bertz CT molecular complexity index is 1300. The van der Waals surface area contributed by atoms with Gasteiger partial charge in [-0.15, -0.1) is 11.3 Å². The first-order valence-electron chi connectivity index (χ1n) is 8.91. The molecule has 0 fully saturated rings. The first-order chi connectivity index (χ1) is 13.7. The second-order valence-corrected chi connectivity index (χ2v) is 7.61. The molecular weight excluding hydrogens is 370 g/mol. The highest BCUT2D eigenvalue weighted by atomic mass is 32.1. The monoisotopic (exact) mass is 387 g/mol. The number of thiazole rings is 1. The zero-order chi connectivity index (χ0) is 19.1. The molecule has 7 heteroatoms. The number of carbonyl (C=O) groups excluding carboxylic acids is 1. The molecule has 1 amide bonds. The highest BCUT2D eigenvalue weighted by molar-refractivity contribution is 7.15. The van der Waals surface area contributed by atoms with Crippen LogP contribution >= 0.6 is 11.3 Å². The normalized spacial score (nSPS) is 11.3. The van der Waals surface area contributed by atoms with Crippen LogP contribution in [0.5, 0.6) is 0 Å². The lowest BCUT2D eigenvalue weighted by atomic mass is 10.1. The van der Waals surface area contributed by atoms with Crippen LogP contribution < -0.4 is 5.32 Å². The van der Waals surface area contributed by atoms with E-state index in [9.17, 15) is 4.79 Å². The van der Waals surface area contributed by atoms with E-state index < -0.39 is 0 Å². The van der Waals surface area contributed by atoms with Gasteiger partial charge >= 0.3 is 0 Å². The van der Waals surface area contributed by atoms with E-state index in [1.807, 2.05) is 34.2 Å². The molecule has 6 nitrogen and oxygen atoms in total. The van der Waals surface area contributed by atoms with E-state index in [0.29, 0.717) is 0 Å². The van der Waals surface area contributed by atoms with E-state index in [1.165, 1.54) is 5.56 Å². The van der Waals surface area contributed by atoms with Gasteiger partial charge in [-0.1, -0.05) is 29.8 Å². The number of fused-ring (bicyclic) bond motifs is 2. The quantitative estimate of drug-likeness (QED) is 0.479. The van der Waals surface area contributed by atoms with Gasteiger partial charge in [0.05, 0.1) is 23.8 Å². The molecule has 3 aromatic heterocycles. The molecule has 2 aromatic carbocycles. The summed E-state index contributed by atoms with van der Waals surface area (Å²) in [5.74, 6) is -0.0656. The number of hydrogen-bond donors (Lipinski definition) is 2. The number of nitrogens with one attached hydrogen (secondary N) is 2. The molecule has 5 rings (SSSR count).